The summed E-state index contributed by atoms with van der Waals surface area (Å²) >= 11 is 0. The molecule has 0 atom stereocenters. The van der Waals surface area contributed by atoms with Crippen molar-refractivity contribution < 1.29 is 26.0 Å². The van der Waals surface area contributed by atoms with Crippen molar-refractivity contribution in [1.29, 1.82) is 0 Å². The highest BCUT2D eigenvalue weighted by Gasteiger charge is 2.20. The zero-order valence-corrected chi connectivity index (χ0v) is 19.1. The van der Waals surface area contributed by atoms with Gasteiger partial charge in [-0.1, -0.05) is 18.2 Å². The zero-order valence-electron chi connectivity index (χ0n) is 17.5. The number of hydrogen-bond acceptors (Lipinski definition) is 8. The van der Waals surface area contributed by atoms with E-state index < -0.39 is 31.5 Å². The largest absolute Gasteiger partial charge is 0.455 e. The van der Waals surface area contributed by atoms with Crippen LogP contribution in [0.15, 0.2) is 99.4 Å². The Morgan fingerprint density at radius 3 is 2.15 bits per heavy atom. The summed E-state index contributed by atoms with van der Waals surface area (Å²) in [5.41, 5.74) is 0.315. The third-order valence-corrected chi connectivity index (χ3v) is 7.53. The Bertz CT molecular complexity index is 1500. The number of anilines is 2. The predicted molar refractivity (Wildman–Crippen MR) is 123 cm³/mol. The molecule has 2 aromatic carbocycles. The molecule has 10 nitrogen and oxygen atoms in total. The molecule has 4 aromatic rings. The molecular weight excluding hydrogens is 480 g/mol. The Hall–Kier alpha value is -4.03. The fraction of sp³-hybridized carbons (Fsp3) is 0.0455. The van der Waals surface area contributed by atoms with Crippen molar-refractivity contribution >= 4 is 37.4 Å². The van der Waals surface area contributed by atoms with Gasteiger partial charge in [0.1, 0.15) is 11.5 Å². The van der Waals surface area contributed by atoms with Gasteiger partial charge < -0.3 is 9.73 Å². The fourth-order valence-electron chi connectivity index (χ4n) is 2.92. The first-order valence-corrected chi connectivity index (χ1v) is 12.9. The highest BCUT2D eigenvalue weighted by Crippen LogP contribution is 2.20. The van der Waals surface area contributed by atoms with Gasteiger partial charge in [-0.25, -0.2) is 31.5 Å². The molecule has 0 aliphatic rings. The van der Waals surface area contributed by atoms with Crippen molar-refractivity contribution in [2.24, 2.45) is 0 Å². The maximum atomic E-state index is 12.5. The summed E-state index contributed by atoms with van der Waals surface area (Å²) in [6.45, 7) is 0. The van der Waals surface area contributed by atoms with Crippen LogP contribution in [-0.4, -0.2) is 32.7 Å². The lowest BCUT2D eigenvalue weighted by Crippen LogP contribution is -2.15. The van der Waals surface area contributed by atoms with Crippen LogP contribution in [0.1, 0.15) is 16.3 Å². The van der Waals surface area contributed by atoms with Crippen LogP contribution in [0.25, 0.3) is 0 Å². The number of nitrogens with zero attached hydrogens (tertiary/aromatic N) is 2. The number of amides is 1. The van der Waals surface area contributed by atoms with E-state index in [1.165, 1.54) is 60.9 Å². The highest BCUT2D eigenvalue weighted by molar-refractivity contribution is 7.92. The molecule has 0 saturated heterocycles. The van der Waals surface area contributed by atoms with E-state index >= 15 is 0 Å². The summed E-state index contributed by atoms with van der Waals surface area (Å²) in [6.07, 6.45) is 2.81. The maximum Gasteiger partial charge on any atom is 0.291 e. The number of sulfone groups is 1. The standard InChI is InChI=1S/C22H18N4O6S2/c27-21(20-12-9-17(32-20)15-33(28,29)18-5-2-1-3-6-18)25-16-7-10-19(11-8-16)34(30,31)26-22-23-13-4-14-24-22/h1-14H,15H2,(H,25,27)(H,23,24,26). The number of aromatic nitrogens is 2. The van der Waals surface area contributed by atoms with Crippen molar-refractivity contribution in [3.05, 3.63) is 96.7 Å². The van der Waals surface area contributed by atoms with Gasteiger partial charge >= 0.3 is 0 Å². The molecule has 2 N–H and O–H groups in total. The van der Waals surface area contributed by atoms with Crippen LogP contribution >= 0.6 is 0 Å². The molecule has 0 unspecified atom stereocenters. The van der Waals surface area contributed by atoms with Crippen molar-refractivity contribution in [2.45, 2.75) is 15.5 Å². The number of hydrogen-bond donors (Lipinski definition) is 2. The molecule has 4 rings (SSSR count). The normalized spacial score (nSPS) is 11.6. The monoisotopic (exact) mass is 498 g/mol. The van der Waals surface area contributed by atoms with Gasteiger partial charge in [-0.05, 0) is 54.6 Å². The first kappa shape index (κ1) is 23.1. The van der Waals surface area contributed by atoms with Crippen LogP contribution in [0, 0.1) is 0 Å². The van der Waals surface area contributed by atoms with Gasteiger partial charge in [0.25, 0.3) is 15.9 Å². The van der Waals surface area contributed by atoms with Gasteiger partial charge in [-0.15, -0.1) is 0 Å². The smallest absolute Gasteiger partial charge is 0.291 e. The molecule has 1 amide bonds. The lowest BCUT2D eigenvalue weighted by Gasteiger charge is -2.08. The first-order valence-electron chi connectivity index (χ1n) is 9.81. The average Bonchev–Trinajstić information content (AvgIpc) is 3.28. The molecule has 12 heteroatoms. The summed E-state index contributed by atoms with van der Waals surface area (Å²) in [6, 6.07) is 17.7. The van der Waals surface area contributed by atoms with Crippen LogP contribution in [0.5, 0.6) is 0 Å². The summed E-state index contributed by atoms with van der Waals surface area (Å²) in [7, 11) is -7.53. The molecule has 0 saturated carbocycles. The fourth-order valence-corrected chi connectivity index (χ4v) is 5.14. The number of benzene rings is 2. The van der Waals surface area contributed by atoms with Gasteiger partial charge in [0, 0.05) is 18.1 Å². The Morgan fingerprint density at radius 1 is 0.794 bits per heavy atom. The minimum Gasteiger partial charge on any atom is -0.455 e. The molecule has 174 valence electrons. The summed E-state index contributed by atoms with van der Waals surface area (Å²) in [4.78, 5) is 20.2. The van der Waals surface area contributed by atoms with Crippen LogP contribution < -0.4 is 10.0 Å². The quantitative estimate of drug-likeness (QED) is 0.376. The van der Waals surface area contributed by atoms with E-state index in [2.05, 4.69) is 20.0 Å². The third kappa shape index (κ3) is 5.47. The van der Waals surface area contributed by atoms with E-state index in [0.717, 1.165) is 0 Å². The minimum absolute atomic E-state index is 0.0515. The molecule has 2 aromatic heterocycles. The van der Waals surface area contributed by atoms with Gasteiger partial charge in [-0.3, -0.25) is 4.79 Å². The van der Waals surface area contributed by atoms with E-state index in [9.17, 15) is 21.6 Å². The molecular formula is C22H18N4O6S2. The highest BCUT2D eigenvalue weighted by atomic mass is 32.2. The summed E-state index contributed by atoms with van der Waals surface area (Å²) in [5.74, 6) is -1.05. The topological polar surface area (TPSA) is 148 Å². The molecule has 2 heterocycles. The summed E-state index contributed by atoms with van der Waals surface area (Å²) < 4.78 is 57.5. The third-order valence-electron chi connectivity index (χ3n) is 4.53. The van der Waals surface area contributed by atoms with E-state index in [0.29, 0.717) is 5.69 Å². The van der Waals surface area contributed by atoms with Crippen molar-refractivity contribution in [2.75, 3.05) is 10.0 Å². The number of rotatable bonds is 8. The maximum absolute atomic E-state index is 12.5. The molecule has 0 aliphatic heterocycles. The second-order valence-electron chi connectivity index (χ2n) is 6.99. The number of furan rings is 1. The van der Waals surface area contributed by atoms with E-state index in [-0.39, 0.29) is 27.3 Å². The molecule has 0 bridgehead atoms. The number of carbonyl (C=O) groups excluding carboxylic acids is 1. The van der Waals surface area contributed by atoms with Gasteiger partial charge in [0.05, 0.1) is 9.79 Å². The summed E-state index contributed by atoms with van der Waals surface area (Å²) in [5, 5.41) is 2.57. The molecule has 34 heavy (non-hydrogen) atoms. The van der Waals surface area contributed by atoms with Crippen LogP contribution in [0.3, 0.4) is 0 Å². The Kier molecular flexibility index (Phi) is 6.43. The van der Waals surface area contributed by atoms with Crippen molar-refractivity contribution in [1.82, 2.24) is 9.97 Å². The number of nitrogens with one attached hydrogen (secondary N) is 2. The van der Waals surface area contributed by atoms with E-state index in [4.69, 9.17) is 4.42 Å². The average molecular weight is 499 g/mol. The molecule has 0 fully saturated rings. The van der Waals surface area contributed by atoms with Crippen LogP contribution in [0.4, 0.5) is 11.6 Å². The Morgan fingerprint density at radius 2 is 1.47 bits per heavy atom. The zero-order chi connectivity index (χ0) is 24.2. The second-order valence-corrected chi connectivity index (χ2v) is 10.7. The lowest BCUT2D eigenvalue weighted by molar-refractivity contribution is 0.0995. The van der Waals surface area contributed by atoms with Gasteiger partial charge in [-0.2, -0.15) is 0 Å². The van der Waals surface area contributed by atoms with E-state index in [1.807, 2.05) is 0 Å². The van der Waals surface area contributed by atoms with Gasteiger partial charge in [0.2, 0.25) is 5.95 Å². The number of carbonyl (C=O) groups is 1. The molecule has 0 spiro atoms. The Balaban J connectivity index is 1.41. The van der Waals surface area contributed by atoms with Crippen LogP contribution in [0.2, 0.25) is 0 Å². The second kappa shape index (κ2) is 9.45. The van der Waals surface area contributed by atoms with Crippen molar-refractivity contribution in [3.63, 3.8) is 0 Å². The number of sulfonamides is 1. The lowest BCUT2D eigenvalue weighted by atomic mass is 10.3. The van der Waals surface area contributed by atoms with Gasteiger partial charge in [0.15, 0.2) is 15.6 Å². The SMILES string of the molecule is O=C(Nc1ccc(S(=O)(=O)Nc2ncccn2)cc1)c1ccc(CS(=O)(=O)c2ccccc2)o1. The molecule has 0 aliphatic carbocycles. The van der Waals surface area contributed by atoms with Crippen LogP contribution in [-0.2, 0) is 25.6 Å². The first-order chi connectivity index (χ1) is 16.2. The Labute approximate surface area is 195 Å². The predicted octanol–water partition coefficient (Wildman–Crippen LogP) is 3.10. The minimum atomic E-state index is -3.91. The van der Waals surface area contributed by atoms with E-state index in [1.54, 1.807) is 24.3 Å². The van der Waals surface area contributed by atoms with Crippen molar-refractivity contribution in [3.8, 4) is 0 Å². The molecule has 0 radical (unpaired) electrons.